The van der Waals surface area contributed by atoms with E-state index >= 15 is 0 Å². The summed E-state index contributed by atoms with van der Waals surface area (Å²) in [5.74, 6) is 0.246. The van der Waals surface area contributed by atoms with Gasteiger partial charge in [0, 0.05) is 17.7 Å². The van der Waals surface area contributed by atoms with Crippen molar-refractivity contribution in [1.82, 2.24) is 15.0 Å². The molecule has 1 saturated heterocycles. The number of aromatic nitrogens is 2. The van der Waals surface area contributed by atoms with Gasteiger partial charge in [-0.25, -0.2) is 4.39 Å². The second-order valence-corrected chi connectivity index (χ2v) is 6.72. The molecule has 144 valence electrons. The molecule has 0 aliphatic carbocycles. The van der Waals surface area contributed by atoms with Gasteiger partial charge >= 0.3 is 0 Å². The fourth-order valence-electron chi connectivity index (χ4n) is 3.30. The second-order valence-electron chi connectivity index (χ2n) is 6.72. The summed E-state index contributed by atoms with van der Waals surface area (Å²) >= 11 is 0. The molecule has 2 aromatic carbocycles. The van der Waals surface area contributed by atoms with Crippen LogP contribution in [0.5, 0.6) is 0 Å². The summed E-state index contributed by atoms with van der Waals surface area (Å²) in [4.78, 5) is 18.7. The molecular weight excluding hydrogens is 361 g/mol. The van der Waals surface area contributed by atoms with Crippen molar-refractivity contribution in [3.8, 4) is 11.4 Å². The van der Waals surface area contributed by atoms with Crippen LogP contribution < -0.4 is 0 Å². The third-order valence-electron chi connectivity index (χ3n) is 4.83. The van der Waals surface area contributed by atoms with E-state index in [9.17, 15) is 9.18 Å². The van der Waals surface area contributed by atoms with Crippen LogP contribution in [0.15, 0.2) is 53.1 Å². The maximum atomic E-state index is 14.0. The molecule has 3 aromatic rings. The molecule has 1 amide bonds. The molecular formula is C21H20FN3O3. The Morgan fingerprint density at radius 1 is 1.21 bits per heavy atom. The highest BCUT2D eigenvalue weighted by Gasteiger charge is 2.28. The maximum Gasteiger partial charge on any atom is 0.236 e. The van der Waals surface area contributed by atoms with Crippen LogP contribution in [0.25, 0.3) is 11.4 Å². The Morgan fingerprint density at radius 2 is 2.00 bits per heavy atom. The molecule has 1 aromatic heterocycles. The Kier molecular flexibility index (Phi) is 5.16. The summed E-state index contributed by atoms with van der Waals surface area (Å²) in [6.45, 7) is 3.05. The number of morpholine rings is 1. The van der Waals surface area contributed by atoms with E-state index in [1.807, 2.05) is 31.2 Å². The lowest BCUT2D eigenvalue weighted by Crippen LogP contribution is -2.43. The fraction of sp³-hybridized carbons (Fsp3) is 0.286. The first-order valence-electron chi connectivity index (χ1n) is 9.14. The van der Waals surface area contributed by atoms with E-state index in [2.05, 4.69) is 10.1 Å². The second kappa shape index (κ2) is 7.90. The number of benzene rings is 2. The number of hydrogen-bond donors (Lipinski definition) is 0. The minimum atomic E-state index is -0.482. The summed E-state index contributed by atoms with van der Waals surface area (Å²) in [5, 5.41) is 3.99. The summed E-state index contributed by atoms with van der Waals surface area (Å²) in [7, 11) is 0. The SMILES string of the molecule is Cc1ccccc1-c1noc(CC(=O)N2CCOC(c3ccccc3F)C2)n1. The number of carbonyl (C=O) groups is 1. The van der Waals surface area contributed by atoms with Crippen molar-refractivity contribution in [2.24, 2.45) is 0 Å². The minimum Gasteiger partial charge on any atom is -0.370 e. The van der Waals surface area contributed by atoms with Gasteiger partial charge in [-0.15, -0.1) is 0 Å². The summed E-state index contributed by atoms with van der Waals surface area (Å²) in [6.07, 6.45) is -0.479. The van der Waals surface area contributed by atoms with Gasteiger partial charge in [0.25, 0.3) is 0 Å². The van der Waals surface area contributed by atoms with E-state index in [0.717, 1.165) is 11.1 Å². The van der Waals surface area contributed by atoms with E-state index in [-0.39, 0.29) is 24.0 Å². The van der Waals surface area contributed by atoms with Crippen LogP contribution in [0, 0.1) is 12.7 Å². The Morgan fingerprint density at radius 3 is 2.82 bits per heavy atom. The standard InChI is InChI=1S/C21H20FN3O3/c1-14-6-2-3-7-15(14)21-23-19(28-24-21)12-20(26)25-10-11-27-18(13-25)16-8-4-5-9-17(16)22/h2-9,18H,10-13H2,1H3. The van der Waals surface area contributed by atoms with E-state index in [4.69, 9.17) is 9.26 Å². The third-order valence-corrected chi connectivity index (χ3v) is 4.83. The van der Waals surface area contributed by atoms with Crippen LogP contribution in [-0.4, -0.2) is 40.6 Å². The molecule has 0 saturated carbocycles. The van der Waals surface area contributed by atoms with Crippen molar-refractivity contribution in [1.29, 1.82) is 0 Å². The molecule has 1 unspecified atom stereocenters. The third kappa shape index (κ3) is 3.80. The molecule has 6 nitrogen and oxygen atoms in total. The van der Waals surface area contributed by atoms with Crippen molar-refractivity contribution in [3.05, 3.63) is 71.4 Å². The average molecular weight is 381 g/mol. The monoisotopic (exact) mass is 381 g/mol. The van der Waals surface area contributed by atoms with Crippen LogP contribution >= 0.6 is 0 Å². The van der Waals surface area contributed by atoms with Gasteiger partial charge in [-0.1, -0.05) is 47.6 Å². The zero-order valence-electron chi connectivity index (χ0n) is 15.5. The van der Waals surface area contributed by atoms with Gasteiger partial charge in [0.15, 0.2) is 0 Å². The highest BCUT2D eigenvalue weighted by molar-refractivity contribution is 5.78. The van der Waals surface area contributed by atoms with Crippen LogP contribution in [-0.2, 0) is 16.0 Å². The van der Waals surface area contributed by atoms with Crippen LogP contribution in [0.2, 0.25) is 0 Å². The Balaban J connectivity index is 1.44. The summed E-state index contributed by atoms with van der Waals surface area (Å²) in [5.41, 5.74) is 2.36. The molecule has 1 aliphatic heterocycles. The minimum absolute atomic E-state index is 0.00285. The molecule has 7 heteroatoms. The van der Waals surface area contributed by atoms with E-state index in [0.29, 0.717) is 31.1 Å². The lowest BCUT2D eigenvalue weighted by Gasteiger charge is -2.33. The van der Waals surface area contributed by atoms with E-state index in [1.54, 1.807) is 23.1 Å². The molecule has 4 rings (SSSR count). The van der Waals surface area contributed by atoms with Gasteiger partial charge in [0.2, 0.25) is 17.6 Å². The number of amides is 1. The van der Waals surface area contributed by atoms with Gasteiger partial charge < -0.3 is 14.2 Å². The van der Waals surface area contributed by atoms with Crippen molar-refractivity contribution < 1.29 is 18.4 Å². The van der Waals surface area contributed by atoms with Gasteiger partial charge in [0.05, 0.1) is 13.2 Å². The van der Waals surface area contributed by atoms with Gasteiger partial charge in [0.1, 0.15) is 18.3 Å². The maximum absolute atomic E-state index is 14.0. The molecule has 0 spiro atoms. The largest absolute Gasteiger partial charge is 0.370 e. The Labute approximate surface area is 161 Å². The number of hydrogen-bond acceptors (Lipinski definition) is 5. The van der Waals surface area contributed by atoms with Gasteiger partial charge in [-0.05, 0) is 18.6 Å². The predicted octanol–water partition coefficient (Wildman–Crippen LogP) is 3.33. The van der Waals surface area contributed by atoms with E-state index < -0.39 is 6.10 Å². The molecule has 28 heavy (non-hydrogen) atoms. The highest BCUT2D eigenvalue weighted by Crippen LogP contribution is 2.25. The number of halogens is 1. The highest BCUT2D eigenvalue weighted by atomic mass is 19.1. The Hall–Kier alpha value is -3.06. The number of nitrogens with zero attached hydrogens (tertiary/aromatic N) is 3. The smallest absolute Gasteiger partial charge is 0.236 e. The van der Waals surface area contributed by atoms with E-state index in [1.165, 1.54) is 6.07 Å². The molecule has 2 heterocycles. The first-order valence-corrected chi connectivity index (χ1v) is 9.14. The predicted molar refractivity (Wildman–Crippen MR) is 99.8 cm³/mol. The first kappa shape index (κ1) is 18.3. The number of rotatable bonds is 4. The van der Waals surface area contributed by atoms with Gasteiger partial charge in [-0.3, -0.25) is 4.79 Å². The van der Waals surface area contributed by atoms with Crippen LogP contribution in [0.1, 0.15) is 23.1 Å². The molecule has 1 atom stereocenters. The first-order chi connectivity index (χ1) is 13.6. The topological polar surface area (TPSA) is 68.5 Å². The lowest BCUT2D eigenvalue weighted by molar-refractivity contribution is -0.138. The fourth-order valence-corrected chi connectivity index (χ4v) is 3.30. The number of carbonyl (C=O) groups excluding carboxylic acids is 1. The zero-order chi connectivity index (χ0) is 19.5. The lowest BCUT2D eigenvalue weighted by atomic mass is 10.1. The van der Waals surface area contributed by atoms with Crippen molar-refractivity contribution in [2.45, 2.75) is 19.4 Å². The summed E-state index contributed by atoms with van der Waals surface area (Å²) < 4.78 is 25.0. The average Bonchev–Trinajstić information content (AvgIpc) is 3.17. The molecule has 1 fully saturated rings. The quantitative estimate of drug-likeness (QED) is 0.693. The van der Waals surface area contributed by atoms with Crippen LogP contribution in [0.4, 0.5) is 4.39 Å². The summed E-state index contributed by atoms with van der Waals surface area (Å²) in [6, 6.07) is 14.2. The zero-order valence-corrected chi connectivity index (χ0v) is 15.5. The Bertz CT molecular complexity index is 988. The van der Waals surface area contributed by atoms with Crippen molar-refractivity contribution in [3.63, 3.8) is 0 Å². The number of aryl methyl sites for hydroxylation is 1. The molecule has 1 aliphatic rings. The normalized spacial score (nSPS) is 16.9. The van der Waals surface area contributed by atoms with Crippen LogP contribution in [0.3, 0.4) is 0 Å². The molecule has 0 radical (unpaired) electrons. The van der Waals surface area contributed by atoms with Crippen molar-refractivity contribution in [2.75, 3.05) is 19.7 Å². The van der Waals surface area contributed by atoms with Crippen molar-refractivity contribution >= 4 is 5.91 Å². The molecule has 0 N–H and O–H groups in total. The molecule has 0 bridgehead atoms. The number of ether oxygens (including phenoxy) is 1. The van der Waals surface area contributed by atoms with Gasteiger partial charge in [-0.2, -0.15) is 4.98 Å².